The van der Waals surface area contributed by atoms with Crippen molar-refractivity contribution < 1.29 is 14.3 Å². The topological polar surface area (TPSA) is 58.6 Å². The van der Waals surface area contributed by atoms with Crippen molar-refractivity contribution in [2.45, 2.75) is 33.4 Å². The quantitative estimate of drug-likeness (QED) is 0.726. The van der Waals surface area contributed by atoms with Crippen LogP contribution in [0.2, 0.25) is 0 Å². The summed E-state index contributed by atoms with van der Waals surface area (Å²) in [5.41, 5.74) is 3.10. The SMILES string of the molecule is CNC(=O)[C@H](C)N(Cc1ccccc1C)C(=O)COc1ccc(Br)c(C)c1. The normalized spacial score (nSPS) is 11.6. The highest BCUT2D eigenvalue weighted by Crippen LogP contribution is 2.22. The molecule has 0 aliphatic carbocycles. The molecule has 0 radical (unpaired) electrons. The first-order chi connectivity index (χ1) is 12.8. The maximum absolute atomic E-state index is 12.9. The minimum atomic E-state index is -0.600. The fourth-order valence-corrected chi connectivity index (χ4v) is 2.94. The Morgan fingerprint density at radius 1 is 1.15 bits per heavy atom. The lowest BCUT2D eigenvalue weighted by Crippen LogP contribution is -2.48. The van der Waals surface area contributed by atoms with Crippen LogP contribution in [-0.4, -0.2) is 36.4 Å². The predicted octanol–water partition coefficient (Wildman–Crippen LogP) is 3.61. The van der Waals surface area contributed by atoms with E-state index in [9.17, 15) is 9.59 Å². The van der Waals surface area contributed by atoms with Crippen molar-refractivity contribution in [3.63, 3.8) is 0 Å². The fourth-order valence-electron chi connectivity index (χ4n) is 2.70. The Bertz CT molecular complexity index is 823. The van der Waals surface area contributed by atoms with E-state index in [1.807, 2.05) is 50.2 Å². The van der Waals surface area contributed by atoms with Gasteiger partial charge in [0.2, 0.25) is 5.91 Å². The van der Waals surface area contributed by atoms with Crippen molar-refractivity contribution in [3.05, 3.63) is 63.6 Å². The Morgan fingerprint density at radius 3 is 2.48 bits per heavy atom. The molecule has 0 unspecified atom stereocenters. The van der Waals surface area contributed by atoms with Gasteiger partial charge in [-0.05, 0) is 55.7 Å². The van der Waals surface area contributed by atoms with Gasteiger partial charge >= 0.3 is 0 Å². The third-order valence-corrected chi connectivity index (χ3v) is 5.40. The number of hydrogen-bond acceptors (Lipinski definition) is 3. The highest BCUT2D eigenvalue weighted by atomic mass is 79.9. The molecule has 0 saturated carbocycles. The van der Waals surface area contributed by atoms with Crippen molar-refractivity contribution in [2.75, 3.05) is 13.7 Å². The van der Waals surface area contributed by atoms with Gasteiger partial charge in [-0.3, -0.25) is 9.59 Å². The Balaban J connectivity index is 2.16. The van der Waals surface area contributed by atoms with Crippen LogP contribution in [0.5, 0.6) is 5.75 Å². The van der Waals surface area contributed by atoms with Gasteiger partial charge in [0.25, 0.3) is 5.91 Å². The number of hydrogen-bond donors (Lipinski definition) is 1. The second-order valence-corrected chi connectivity index (χ2v) is 7.29. The molecule has 0 aromatic heterocycles. The summed E-state index contributed by atoms with van der Waals surface area (Å²) in [5, 5.41) is 2.61. The first kappa shape index (κ1) is 21.0. The van der Waals surface area contributed by atoms with E-state index in [1.54, 1.807) is 24.9 Å². The molecule has 27 heavy (non-hydrogen) atoms. The number of benzene rings is 2. The monoisotopic (exact) mass is 432 g/mol. The van der Waals surface area contributed by atoms with Crippen molar-refractivity contribution in [1.29, 1.82) is 0 Å². The van der Waals surface area contributed by atoms with Gasteiger partial charge in [-0.1, -0.05) is 40.2 Å². The lowest BCUT2D eigenvalue weighted by atomic mass is 10.1. The van der Waals surface area contributed by atoms with Gasteiger partial charge in [0.05, 0.1) is 0 Å². The van der Waals surface area contributed by atoms with Crippen LogP contribution in [0.3, 0.4) is 0 Å². The summed E-state index contributed by atoms with van der Waals surface area (Å²) in [5.74, 6) is 0.166. The van der Waals surface area contributed by atoms with Crippen LogP contribution in [0.15, 0.2) is 46.9 Å². The van der Waals surface area contributed by atoms with E-state index >= 15 is 0 Å². The van der Waals surface area contributed by atoms with Crippen LogP contribution in [0.25, 0.3) is 0 Å². The number of nitrogens with one attached hydrogen (secondary N) is 1. The molecule has 2 amide bonds. The van der Waals surface area contributed by atoms with Crippen molar-refractivity contribution in [2.24, 2.45) is 0 Å². The zero-order chi connectivity index (χ0) is 20.0. The standard InChI is InChI=1S/C21H25BrN2O3/c1-14-7-5-6-8-17(14)12-24(16(3)21(26)23-4)20(25)13-27-18-9-10-19(22)15(2)11-18/h5-11,16H,12-13H2,1-4H3,(H,23,26)/t16-/m0/s1. The lowest BCUT2D eigenvalue weighted by Gasteiger charge is -2.28. The third-order valence-electron chi connectivity index (χ3n) is 4.51. The molecule has 0 spiro atoms. The molecule has 0 aliphatic heterocycles. The Kier molecular flexibility index (Phi) is 7.42. The molecule has 2 rings (SSSR count). The summed E-state index contributed by atoms with van der Waals surface area (Å²) < 4.78 is 6.65. The van der Waals surface area contributed by atoms with Gasteiger partial charge in [-0.25, -0.2) is 0 Å². The van der Waals surface area contributed by atoms with Crippen molar-refractivity contribution in [1.82, 2.24) is 10.2 Å². The number of nitrogens with zero attached hydrogens (tertiary/aromatic N) is 1. The second-order valence-electron chi connectivity index (χ2n) is 6.44. The summed E-state index contributed by atoms with van der Waals surface area (Å²) in [4.78, 5) is 26.5. The van der Waals surface area contributed by atoms with Crippen LogP contribution in [0.4, 0.5) is 0 Å². The summed E-state index contributed by atoms with van der Waals surface area (Å²) in [6, 6.07) is 12.8. The van der Waals surface area contributed by atoms with Crippen molar-refractivity contribution >= 4 is 27.7 Å². The summed E-state index contributed by atoms with van der Waals surface area (Å²) in [6.45, 7) is 5.89. The fraction of sp³-hybridized carbons (Fsp3) is 0.333. The number of ether oxygens (including phenoxy) is 1. The van der Waals surface area contributed by atoms with Crippen LogP contribution in [0, 0.1) is 13.8 Å². The molecule has 144 valence electrons. The predicted molar refractivity (Wildman–Crippen MR) is 110 cm³/mol. The summed E-state index contributed by atoms with van der Waals surface area (Å²) in [7, 11) is 1.57. The van der Waals surface area contributed by atoms with Gasteiger partial charge in [0, 0.05) is 18.1 Å². The number of aryl methyl sites for hydroxylation is 2. The molecule has 0 bridgehead atoms. The van der Waals surface area contributed by atoms with E-state index in [2.05, 4.69) is 21.2 Å². The van der Waals surface area contributed by atoms with E-state index in [4.69, 9.17) is 4.74 Å². The first-order valence-corrected chi connectivity index (χ1v) is 9.57. The van der Waals surface area contributed by atoms with E-state index in [0.717, 1.165) is 21.2 Å². The third kappa shape index (κ3) is 5.57. The largest absolute Gasteiger partial charge is 0.484 e. The Labute approximate surface area is 168 Å². The molecule has 1 N–H and O–H groups in total. The highest BCUT2D eigenvalue weighted by molar-refractivity contribution is 9.10. The van der Waals surface area contributed by atoms with Gasteiger partial charge < -0.3 is 15.0 Å². The summed E-state index contributed by atoms with van der Waals surface area (Å²) in [6.07, 6.45) is 0. The zero-order valence-electron chi connectivity index (χ0n) is 16.1. The molecular formula is C21H25BrN2O3. The molecule has 1 atom stereocenters. The Morgan fingerprint density at radius 2 is 1.85 bits per heavy atom. The first-order valence-electron chi connectivity index (χ1n) is 8.78. The number of halogens is 1. The second kappa shape index (κ2) is 9.55. The van der Waals surface area contributed by atoms with Crippen LogP contribution < -0.4 is 10.1 Å². The molecule has 2 aromatic carbocycles. The molecule has 6 heteroatoms. The number of likely N-dealkylation sites (N-methyl/N-ethyl adjacent to an activating group) is 1. The van der Waals surface area contributed by atoms with Crippen LogP contribution in [-0.2, 0) is 16.1 Å². The molecule has 2 aromatic rings. The molecule has 0 heterocycles. The van der Waals surface area contributed by atoms with E-state index in [0.29, 0.717) is 12.3 Å². The zero-order valence-corrected chi connectivity index (χ0v) is 17.7. The van der Waals surface area contributed by atoms with E-state index < -0.39 is 6.04 Å². The smallest absolute Gasteiger partial charge is 0.261 e. The highest BCUT2D eigenvalue weighted by Gasteiger charge is 2.26. The molecule has 0 saturated heterocycles. The molecule has 0 fully saturated rings. The maximum Gasteiger partial charge on any atom is 0.261 e. The van der Waals surface area contributed by atoms with Gasteiger partial charge in [-0.15, -0.1) is 0 Å². The van der Waals surface area contributed by atoms with Crippen LogP contribution in [0.1, 0.15) is 23.6 Å². The number of carbonyl (C=O) groups is 2. The van der Waals surface area contributed by atoms with E-state index in [-0.39, 0.29) is 18.4 Å². The van der Waals surface area contributed by atoms with Gasteiger partial charge in [0.1, 0.15) is 11.8 Å². The van der Waals surface area contributed by atoms with Crippen molar-refractivity contribution in [3.8, 4) is 5.75 Å². The molecular weight excluding hydrogens is 408 g/mol. The minimum Gasteiger partial charge on any atom is -0.484 e. The average molecular weight is 433 g/mol. The summed E-state index contributed by atoms with van der Waals surface area (Å²) >= 11 is 3.44. The van der Waals surface area contributed by atoms with E-state index in [1.165, 1.54) is 0 Å². The average Bonchev–Trinajstić information content (AvgIpc) is 2.66. The van der Waals surface area contributed by atoms with Gasteiger partial charge in [-0.2, -0.15) is 0 Å². The minimum absolute atomic E-state index is 0.131. The Hall–Kier alpha value is -2.34. The maximum atomic E-state index is 12.9. The number of amides is 2. The van der Waals surface area contributed by atoms with Crippen LogP contribution >= 0.6 is 15.9 Å². The number of rotatable bonds is 7. The molecule has 0 aliphatic rings. The number of carbonyl (C=O) groups excluding carboxylic acids is 2. The van der Waals surface area contributed by atoms with Gasteiger partial charge in [0.15, 0.2) is 6.61 Å². The lowest BCUT2D eigenvalue weighted by molar-refractivity contribution is -0.142. The molecule has 5 nitrogen and oxygen atoms in total.